The molecule has 138 valence electrons. The monoisotopic (exact) mass is 376 g/mol. The first-order valence-corrected chi connectivity index (χ1v) is 9.24. The van der Waals surface area contributed by atoms with Gasteiger partial charge in [-0.15, -0.1) is 0 Å². The molecular formula is C20H24ClFN3O+. The normalized spacial score (nSPS) is 16.4. The van der Waals surface area contributed by atoms with E-state index in [1.165, 1.54) is 17.0 Å². The number of rotatable bonds is 4. The molecular weight excluding hydrogens is 353 g/mol. The molecule has 0 aromatic heterocycles. The summed E-state index contributed by atoms with van der Waals surface area (Å²) in [4.78, 5) is 16.1. The van der Waals surface area contributed by atoms with Crippen LogP contribution in [-0.4, -0.2) is 38.1 Å². The Bertz CT molecular complexity index is 773. The molecule has 1 aliphatic rings. The maximum Gasteiger partial charge on any atom is 0.282 e. The first-order valence-electron chi connectivity index (χ1n) is 8.87. The lowest BCUT2D eigenvalue weighted by atomic mass is 10.1. The van der Waals surface area contributed by atoms with Gasteiger partial charge in [-0.1, -0.05) is 17.7 Å². The Morgan fingerprint density at radius 1 is 1.19 bits per heavy atom. The lowest BCUT2D eigenvalue weighted by Crippen LogP contribution is -3.19. The van der Waals surface area contributed by atoms with Gasteiger partial charge in [0.2, 0.25) is 0 Å². The van der Waals surface area contributed by atoms with Gasteiger partial charge >= 0.3 is 0 Å². The Morgan fingerprint density at radius 3 is 2.50 bits per heavy atom. The van der Waals surface area contributed by atoms with E-state index in [-0.39, 0.29) is 17.8 Å². The lowest BCUT2D eigenvalue weighted by Gasteiger charge is -2.36. The highest BCUT2D eigenvalue weighted by atomic mass is 35.5. The van der Waals surface area contributed by atoms with Crippen molar-refractivity contribution in [1.29, 1.82) is 0 Å². The van der Waals surface area contributed by atoms with Crippen molar-refractivity contribution in [3.63, 3.8) is 0 Å². The molecule has 1 amide bonds. The van der Waals surface area contributed by atoms with Crippen LogP contribution in [0.5, 0.6) is 0 Å². The summed E-state index contributed by atoms with van der Waals surface area (Å²) in [6.45, 7) is 7.26. The first kappa shape index (κ1) is 18.7. The number of hydrogen-bond donors (Lipinski definition) is 2. The summed E-state index contributed by atoms with van der Waals surface area (Å²) in [5.74, 6) is -0.222. The van der Waals surface area contributed by atoms with Gasteiger partial charge in [-0.25, -0.2) is 4.39 Å². The van der Waals surface area contributed by atoms with Gasteiger partial charge in [0, 0.05) is 16.4 Å². The molecule has 4 nitrogen and oxygen atoms in total. The van der Waals surface area contributed by atoms with E-state index in [1.807, 2.05) is 32.0 Å². The number of quaternary nitrogens is 1. The summed E-state index contributed by atoms with van der Waals surface area (Å²) in [6, 6.07) is 11.9. The highest BCUT2D eigenvalue weighted by molar-refractivity contribution is 6.31. The third-order valence-corrected chi connectivity index (χ3v) is 5.54. The predicted molar refractivity (Wildman–Crippen MR) is 104 cm³/mol. The minimum absolute atomic E-state index is 0.000554. The number of nitrogens with one attached hydrogen (secondary N) is 2. The van der Waals surface area contributed by atoms with Crippen molar-refractivity contribution in [2.45, 2.75) is 19.9 Å². The van der Waals surface area contributed by atoms with Crippen molar-refractivity contribution in [3.05, 3.63) is 58.9 Å². The molecule has 2 aromatic rings. The highest BCUT2D eigenvalue weighted by Gasteiger charge is 2.29. The molecule has 0 radical (unpaired) electrons. The largest absolute Gasteiger partial charge is 0.360 e. The molecule has 26 heavy (non-hydrogen) atoms. The van der Waals surface area contributed by atoms with Crippen LogP contribution >= 0.6 is 11.6 Å². The van der Waals surface area contributed by atoms with E-state index in [0.717, 1.165) is 43.1 Å². The lowest BCUT2D eigenvalue weighted by molar-refractivity contribution is -0.914. The number of hydrogen-bond acceptors (Lipinski definition) is 2. The van der Waals surface area contributed by atoms with E-state index < -0.39 is 0 Å². The fourth-order valence-electron chi connectivity index (χ4n) is 3.31. The smallest absolute Gasteiger partial charge is 0.282 e. The molecule has 1 saturated heterocycles. The fraction of sp³-hybridized carbons (Fsp3) is 0.350. The molecule has 2 N–H and O–H groups in total. The third kappa shape index (κ3) is 4.17. The average Bonchev–Trinajstić information content (AvgIpc) is 2.65. The Morgan fingerprint density at radius 2 is 1.85 bits per heavy atom. The standard InChI is InChI=1S/C20H23ClFN3O/c1-14-18(21)4-3-5-19(14)23-20(26)15(2)24-10-12-25(13-11-24)17-8-6-16(22)7-9-17/h3-9,15H,10-13H2,1-2H3,(H,23,26)/p+1/t15-/m1/s1. The van der Waals surface area contributed by atoms with Gasteiger partial charge in [0.25, 0.3) is 5.91 Å². The number of benzene rings is 2. The maximum absolute atomic E-state index is 13.1. The second-order valence-electron chi connectivity index (χ2n) is 6.75. The first-order chi connectivity index (χ1) is 12.5. The van der Waals surface area contributed by atoms with Crippen LogP contribution < -0.4 is 15.1 Å². The van der Waals surface area contributed by atoms with E-state index in [0.29, 0.717) is 5.02 Å². The second-order valence-corrected chi connectivity index (χ2v) is 7.15. The van der Waals surface area contributed by atoms with Crippen LogP contribution in [0.3, 0.4) is 0 Å². The minimum Gasteiger partial charge on any atom is -0.360 e. The molecule has 1 fully saturated rings. The van der Waals surface area contributed by atoms with Crippen LogP contribution in [0.25, 0.3) is 0 Å². The molecule has 1 heterocycles. The molecule has 1 aliphatic heterocycles. The third-order valence-electron chi connectivity index (χ3n) is 5.13. The van der Waals surface area contributed by atoms with Crippen molar-refractivity contribution in [1.82, 2.24) is 0 Å². The Kier molecular flexibility index (Phi) is 5.79. The van der Waals surface area contributed by atoms with Gasteiger partial charge in [0.15, 0.2) is 6.04 Å². The van der Waals surface area contributed by atoms with Gasteiger partial charge in [-0.2, -0.15) is 0 Å². The van der Waals surface area contributed by atoms with Crippen molar-refractivity contribution in [2.24, 2.45) is 0 Å². The zero-order valence-corrected chi connectivity index (χ0v) is 15.8. The van der Waals surface area contributed by atoms with Crippen molar-refractivity contribution in [3.8, 4) is 0 Å². The Balaban J connectivity index is 1.57. The van der Waals surface area contributed by atoms with Crippen LogP contribution in [-0.2, 0) is 4.79 Å². The highest BCUT2D eigenvalue weighted by Crippen LogP contribution is 2.23. The Hall–Kier alpha value is -2.11. The zero-order valence-electron chi connectivity index (χ0n) is 15.1. The summed E-state index contributed by atoms with van der Waals surface area (Å²) in [5.41, 5.74) is 2.67. The number of nitrogens with zero attached hydrogens (tertiary/aromatic N) is 1. The summed E-state index contributed by atoms with van der Waals surface area (Å²) in [7, 11) is 0. The maximum atomic E-state index is 13.1. The number of amides is 1. The molecule has 0 saturated carbocycles. The molecule has 2 aromatic carbocycles. The Labute approximate surface area is 158 Å². The van der Waals surface area contributed by atoms with E-state index in [2.05, 4.69) is 10.2 Å². The minimum atomic E-state index is -0.223. The fourth-order valence-corrected chi connectivity index (χ4v) is 3.48. The van der Waals surface area contributed by atoms with Crippen LogP contribution in [0.1, 0.15) is 12.5 Å². The SMILES string of the molecule is Cc1c(Cl)cccc1NC(=O)[C@@H](C)[NH+]1CCN(c2ccc(F)cc2)CC1. The van der Waals surface area contributed by atoms with Crippen molar-refractivity contribution in [2.75, 3.05) is 36.4 Å². The van der Waals surface area contributed by atoms with Gasteiger partial charge in [-0.3, -0.25) is 4.79 Å². The predicted octanol–water partition coefficient (Wildman–Crippen LogP) is 2.52. The van der Waals surface area contributed by atoms with Crippen LogP contribution in [0.15, 0.2) is 42.5 Å². The van der Waals surface area contributed by atoms with Crippen LogP contribution in [0.2, 0.25) is 5.02 Å². The molecule has 6 heteroatoms. The number of piperazine rings is 1. The van der Waals surface area contributed by atoms with Gasteiger partial charge in [0.05, 0.1) is 26.2 Å². The summed E-state index contributed by atoms with van der Waals surface area (Å²) >= 11 is 6.12. The summed E-state index contributed by atoms with van der Waals surface area (Å²) < 4.78 is 13.1. The molecule has 0 spiro atoms. The van der Waals surface area contributed by atoms with Gasteiger partial charge in [-0.05, 0) is 55.8 Å². The van der Waals surface area contributed by atoms with Gasteiger partial charge < -0.3 is 15.1 Å². The molecule has 1 atom stereocenters. The molecule has 0 unspecified atom stereocenters. The topological polar surface area (TPSA) is 36.8 Å². The number of anilines is 2. The molecule has 0 bridgehead atoms. The average molecular weight is 377 g/mol. The molecule has 0 aliphatic carbocycles. The van der Waals surface area contributed by atoms with E-state index in [9.17, 15) is 9.18 Å². The van der Waals surface area contributed by atoms with Gasteiger partial charge in [0.1, 0.15) is 5.82 Å². The van der Waals surface area contributed by atoms with E-state index in [1.54, 1.807) is 12.1 Å². The summed E-state index contributed by atoms with van der Waals surface area (Å²) in [6.07, 6.45) is 0. The van der Waals surface area contributed by atoms with Crippen molar-refractivity contribution < 1.29 is 14.1 Å². The quantitative estimate of drug-likeness (QED) is 0.860. The van der Waals surface area contributed by atoms with Crippen molar-refractivity contribution >= 4 is 28.9 Å². The molecule has 3 rings (SSSR count). The zero-order chi connectivity index (χ0) is 18.7. The van der Waals surface area contributed by atoms with Crippen LogP contribution in [0, 0.1) is 12.7 Å². The second kappa shape index (κ2) is 8.06. The van der Waals surface area contributed by atoms with E-state index in [4.69, 9.17) is 11.6 Å². The van der Waals surface area contributed by atoms with E-state index >= 15 is 0 Å². The number of carbonyl (C=O) groups is 1. The number of carbonyl (C=O) groups excluding carboxylic acids is 1. The van der Waals surface area contributed by atoms with Crippen LogP contribution in [0.4, 0.5) is 15.8 Å². The summed E-state index contributed by atoms with van der Waals surface area (Å²) in [5, 5.41) is 3.65. The number of halogens is 2.